The molecule has 9 heteroatoms. The van der Waals surface area contributed by atoms with Crippen molar-refractivity contribution in [2.45, 2.75) is 32.9 Å². The highest BCUT2D eigenvalue weighted by Gasteiger charge is 2.31. The minimum atomic E-state index is -1.04. The highest BCUT2D eigenvalue weighted by atomic mass is 16.6. The maximum atomic E-state index is 12.4. The zero-order chi connectivity index (χ0) is 16.5. The van der Waals surface area contributed by atoms with Crippen LogP contribution in [-0.4, -0.2) is 30.4 Å². The second-order valence-electron chi connectivity index (χ2n) is 5.54. The third-order valence-corrected chi connectivity index (χ3v) is 3.44. The van der Waals surface area contributed by atoms with E-state index in [1.54, 1.807) is 25.6 Å². The molecule has 2 aromatic heterocycles. The fraction of sp³-hybridized carbons (Fsp3) is 0.462. The van der Waals surface area contributed by atoms with Crippen molar-refractivity contribution in [3.63, 3.8) is 0 Å². The van der Waals surface area contributed by atoms with Gasteiger partial charge >= 0.3 is 5.69 Å². The number of rotatable bonds is 5. The largest absolute Gasteiger partial charge is 0.348 e. The van der Waals surface area contributed by atoms with Crippen LogP contribution in [-0.2, 0) is 23.9 Å². The fourth-order valence-electron chi connectivity index (χ4n) is 2.03. The van der Waals surface area contributed by atoms with E-state index in [2.05, 4.69) is 15.5 Å². The van der Waals surface area contributed by atoms with Gasteiger partial charge in [-0.15, -0.1) is 0 Å². The van der Waals surface area contributed by atoms with Gasteiger partial charge in [0.25, 0.3) is 0 Å². The zero-order valence-corrected chi connectivity index (χ0v) is 12.9. The first-order chi connectivity index (χ1) is 10.2. The van der Waals surface area contributed by atoms with Crippen molar-refractivity contribution in [1.29, 1.82) is 0 Å². The van der Waals surface area contributed by atoms with Crippen LogP contribution in [0.25, 0.3) is 0 Å². The molecule has 0 unspecified atom stereocenters. The third-order valence-electron chi connectivity index (χ3n) is 3.44. The van der Waals surface area contributed by atoms with Crippen LogP contribution in [0.4, 0.5) is 5.69 Å². The van der Waals surface area contributed by atoms with Crippen LogP contribution >= 0.6 is 0 Å². The van der Waals surface area contributed by atoms with Gasteiger partial charge in [0.1, 0.15) is 17.9 Å². The van der Waals surface area contributed by atoms with Gasteiger partial charge in [-0.05, 0) is 26.8 Å². The van der Waals surface area contributed by atoms with E-state index in [0.29, 0.717) is 6.54 Å². The molecular weight excluding hydrogens is 288 g/mol. The van der Waals surface area contributed by atoms with E-state index < -0.39 is 10.5 Å². The first-order valence-corrected chi connectivity index (χ1v) is 6.69. The molecule has 0 saturated heterocycles. The normalized spacial score (nSPS) is 11.5. The molecule has 2 aromatic rings. The molecule has 0 atom stereocenters. The Labute approximate surface area is 127 Å². The SMILES string of the molecule is Cc1cc(CNC(=O)C(C)(C)n2cc([N+](=O)[O-])cn2)n(C)n1. The molecule has 0 radical (unpaired) electrons. The van der Waals surface area contributed by atoms with Crippen molar-refractivity contribution >= 4 is 11.6 Å². The van der Waals surface area contributed by atoms with Crippen molar-refractivity contribution < 1.29 is 9.72 Å². The summed E-state index contributed by atoms with van der Waals surface area (Å²) >= 11 is 0. The molecule has 0 aliphatic rings. The average molecular weight is 306 g/mol. The zero-order valence-electron chi connectivity index (χ0n) is 12.9. The second-order valence-corrected chi connectivity index (χ2v) is 5.54. The van der Waals surface area contributed by atoms with Crippen molar-refractivity contribution in [2.24, 2.45) is 7.05 Å². The molecule has 2 rings (SSSR count). The molecule has 2 heterocycles. The highest BCUT2D eigenvalue weighted by molar-refractivity contribution is 5.83. The van der Waals surface area contributed by atoms with E-state index in [0.717, 1.165) is 17.6 Å². The van der Waals surface area contributed by atoms with Crippen LogP contribution in [0, 0.1) is 17.0 Å². The number of aryl methyl sites for hydroxylation is 2. The van der Waals surface area contributed by atoms with Crippen LogP contribution in [0.15, 0.2) is 18.5 Å². The number of carbonyl (C=O) groups excluding carboxylic acids is 1. The summed E-state index contributed by atoms with van der Waals surface area (Å²) in [4.78, 5) is 22.5. The van der Waals surface area contributed by atoms with Gasteiger partial charge in [0.2, 0.25) is 5.91 Å². The molecule has 9 nitrogen and oxygen atoms in total. The van der Waals surface area contributed by atoms with Crippen molar-refractivity contribution in [1.82, 2.24) is 24.9 Å². The summed E-state index contributed by atoms with van der Waals surface area (Å²) < 4.78 is 2.98. The van der Waals surface area contributed by atoms with Gasteiger partial charge in [0, 0.05) is 7.05 Å². The summed E-state index contributed by atoms with van der Waals surface area (Å²) in [6.45, 7) is 5.49. The van der Waals surface area contributed by atoms with Crippen LogP contribution in [0.5, 0.6) is 0 Å². The standard InChI is InChI=1S/C13H18N6O3/c1-9-5-10(17(4)16-9)6-14-12(20)13(2,3)18-8-11(7-15-18)19(21)22/h5,7-8H,6H2,1-4H3,(H,14,20). The topological polar surface area (TPSA) is 108 Å². The number of amides is 1. The Balaban J connectivity index is 2.09. The molecule has 0 saturated carbocycles. The van der Waals surface area contributed by atoms with Gasteiger partial charge in [-0.3, -0.25) is 24.3 Å². The van der Waals surface area contributed by atoms with Crippen LogP contribution < -0.4 is 5.32 Å². The predicted molar refractivity (Wildman–Crippen MR) is 78.0 cm³/mol. The fourth-order valence-corrected chi connectivity index (χ4v) is 2.03. The Morgan fingerprint density at radius 1 is 1.50 bits per heavy atom. The molecule has 0 aliphatic carbocycles. The Morgan fingerprint density at radius 2 is 2.18 bits per heavy atom. The Bertz CT molecular complexity index is 715. The maximum absolute atomic E-state index is 12.4. The van der Waals surface area contributed by atoms with Gasteiger partial charge < -0.3 is 5.32 Å². The molecule has 0 aromatic carbocycles. The van der Waals surface area contributed by atoms with Gasteiger partial charge in [-0.2, -0.15) is 10.2 Å². The Hall–Kier alpha value is -2.71. The van der Waals surface area contributed by atoms with Gasteiger partial charge in [0.05, 0.1) is 22.9 Å². The summed E-state index contributed by atoms with van der Waals surface area (Å²) in [6, 6.07) is 1.88. The lowest BCUT2D eigenvalue weighted by molar-refractivity contribution is -0.385. The number of aromatic nitrogens is 4. The number of nitrogens with zero attached hydrogens (tertiary/aromatic N) is 5. The van der Waals surface area contributed by atoms with E-state index in [9.17, 15) is 14.9 Å². The molecular formula is C13H18N6O3. The summed E-state index contributed by atoms with van der Waals surface area (Å²) in [5, 5.41) is 21.6. The number of carbonyl (C=O) groups is 1. The minimum absolute atomic E-state index is 0.150. The molecule has 118 valence electrons. The monoisotopic (exact) mass is 306 g/mol. The molecule has 1 amide bonds. The Kier molecular flexibility index (Phi) is 3.98. The molecule has 1 N–H and O–H groups in total. The molecule has 0 fully saturated rings. The summed E-state index contributed by atoms with van der Waals surface area (Å²) in [6.07, 6.45) is 2.37. The van der Waals surface area contributed by atoms with Crippen molar-refractivity contribution in [3.05, 3.63) is 40.0 Å². The Morgan fingerprint density at radius 3 is 2.68 bits per heavy atom. The number of hydrogen-bond acceptors (Lipinski definition) is 5. The molecule has 0 bridgehead atoms. The van der Waals surface area contributed by atoms with E-state index >= 15 is 0 Å². The predicted octanol–water partition coefficient (Wildman–Crippen LogP) is 0.885. The van der Waals surface area contributed by atoms with Crippen molar-refractivity contribution in [2.75, 3.05) is 0 Å². The van der Waals surface area contributed by atoms with E-state index in [1.807, 2.05) is 13.0 Å². The smallest absolute Gasteiger partial charge is 0.307 e. The number of nitrogens with one attached hydrogen (secondary N) is 1. The summed E-state index contributed by atoms with van der Waals surface area (Å²) in [5.74, 6) is -0.288. The summed E-state index contributed by atoms with van der Waals surface area (Å²) in [5.41, 5.74) is 0.548. The minimum Gasteiger partial charge on any atom is -0.348 e. The van der Waals surface area contributed by atoms with Crippen LogP contribution in [0.1, 0.15) is 25.2 Å². The molecule has 0 spiro atoms. The third kappa shape index (κ3) is 2.97. The lowest BCUT2D eigenvalue weighted by Gasteiger charge is -2.23. The van der Waals surface area contributed by atoms with Gasteiger partial charge in [-0.25, -0.2) is 0 Å². The van der Waals surface area contributed by atoms with Crippen LogP contribution in [0.3, 0.4) is 0 Å². The highest BCUT2D eigenvalue weighted by Crippen LogP contribution is 2.18. The molecule has 22 heavy (non-hydrogen) atoms. The first-order valence-electron chi connectivity index (χ1n) is 6.69. The van der Waals surface area contributed by atoms with Crippen molar-refractivity contribution in [3.8, 4) is 0 Å². The lowest BCUT2D eigenvalue weighted by atomic mass is 10.1. The first kappa shape index (κ1) is 15.7. The van der Waals surface area contributed by atoms with E-state index in [-0.39, 0.29) is 11.6 Å². The maximum Gasteiger partial charge on any atom is 0.307 e. The van der Waals surface area contributed by atoms with Crippen LogP contribution in [0.2, 0.25) is 0 Å². The molecule has 0 aliphatic heterocycles. The van der Waals surface area contributed by atoms with E-state index in [1.165, 1.54) is 10.9 Å². The van der Waals surface area contributed by atoms with Gasteiger partial charge in [0.15, 0.2) is 0 Å². The number of hydrogen-bond donors (Lipinski definition) is 1. The quantitative estimate of drug-likeness (QED) is 0.651. The van der Waals surface area contributed by atoms with E-state index in [4.69, 9.17) is 0 Å². The lowest BCUT2D eigenvalue weighted by Crippen LogP contribution is -2.44. The average Bonchev–Trinajstić information content (AvgIpc) is 3.03. The van der Waals surface area contributed by atoms with Gasteiger partial charge in [-0.1, -0.05) is 0 Å². The second kappa shape index (κ2) is 5.58. The summed E-state index contributed by atoms with van der Waals surface area (Å²) in [7, 11) is 1.80. The number of nitro groups is 1.